The van der Waals surface area contributed by atoms with Gasteiger partial charge in [0.15, 0.2) is 5.78 Å². The zero-order valence-electron chi connectivity index (χ0n) is 11.3. The van der Waals surface area contributed by atoms with Crippen LogP contribution < -0.4 is 4.74 Å². The molecule has 0 N–H and O–H groups in total. The van der Waals surface area contributed by atoms with E-state index in [1.165, 1.54) is 11.8 Å². The number of ketones is 1. The molecule has 1 amide bonds. The molecule has 18 heavy (non-hydrogen) atoms. The molecule has 0 bridgehead atoms. The van der Waals surface area contributed by atoms with Crippen molar-refractivity contribution in [1.29, 1.82) is 0 Å². The van der Waals surface area contributed by atoms with Gasteiger partial charge in [0, 0.05) is 14.1 Å². The maximum atomic E-state index is 11.5. The first-order valence-corrected chi connectivity index (χ1v) is 5.86. The summed E-state index contributed by atoms with van der Waals surface area (Å²) in [4.78, 5) is 24.4. The second-order valence-corrected chi connectivity index (χ2v) is 4.44. The lowest BCUT2D eigenvalue weighted by atomic mass is 10.1. The largest absolute Gasteiger partial charge is 0.492 e. The van der Waals surface area contributed by atoms with E-state index in [1.54, 1.807) is 26.2 Å². The van der Waals surface area contributed by atoms with Crippen molar-refractivity contribution in [3.05, 3.63) is 29.3 Å². The quantitative estimate of drug-likeness (QED) is 0.750. The smallest absolute Gasteiger partial charge is 0.225 e. The summed E-state index contributed by atoms with van der Waals surface area (Å²) < 4.78 is 5.51. The molecule has 98 valence electrons. The summed E-state index contributed by atoms with van der Waals surface area (Å²) >= 11 is 0. The minimum atomic E-state index is -0.0346. The van der Waals surface area contributed by atoms with E-state index in [4.69, 9.17) is 4.74 Å². The molecule has 0 aliphatic heterocycles. The third kappa shape index (κ3) is 3.87. The molecular formula is C14H19NO3. The molecule has 1 aromatic carbocycles. The van der Waals surface area contributed by atoms with Crippen LogP contribution in [0.1, 0.15) is 29.3 Å². The normalized spacial score (nSPS) is 10.0. The zero-order valence-corrected chi connectivity index (χ0v) is 11.3. The van der Waals surface area contributed by atoms with Crippen molar-refractivity contribution in [2.75, 3.05) is 20.7 Å². The lowest BCUT2D eigenvalue weighted by Crippen LogP contribution is -2.23. The van der Waals surface area contributed by atoms with Gasteiger partial charge in [-0.1, -0.05) is 11.6 Å². The van der Waals surface area contributed by atoms with Gasteiger partial charge < -0.3 is 9.64 Å². The first-order chi connectivity index (χ1) is 8.41. The van der Waals surface area contributed by atoms with E-state index < -0.39 is 0 Å². The van der Waals surface area contributed by atoms with Gasteiger partial charge in [0.05, 0.1) is 18.6 Å². The molecule has 4 heteroatoms. The Labute approximate surface area is 108 Å². The molecule has 0 unspecified atom stereocenters. The average molecular weight is 249 g/mol. The van der Waals surface area contributed by atoms with Gasteiger partial charge in [-0.15, -0.1) is 0 Å². The predicted molar refractivity (Wildman–Crippen MR) is 70.0 cm³/mol. The summed E-state index contributed by atoms with van der Waals surface area (Å²) in [6.45, 7) is 3.71. The van der Waals surface area contributed by atoms with Crippen molar-refractivity contribution in [3.8, 4) is 5.75 Å². The second kappa shape index (κ2) is 6.19. The van der Waals surface area contributed by atoms with Gasteiger partial charge in [-0.05, 0) is 26.0 Å². The number of amides is 1. The average Bonchev–Trinajstić information content (AvgIpc) is 2.30. The fourth-order valence-corrected chi connectivity index (χ4v) is 1.52. The number of Topliss-reactive ketones (excluding diaryl/α,β-unsaturated/α-hetero) is 1. The maximum Gasteiger partial charge on any atom is 0.225 e. The van der Waals surface area contributed by atoms with E-state index in [1.807, 2.05) is 13.0 Å². The number of benzene rings is 1. The number of carbonyl (C=O) groups excluding carboxylic acids is 2. The highest BCUT2D eigenvalue weighted by Gasteiger charge is 2.10. The van der Waals surface area contributed by atoms with Gasteiger partial charge in [0.25, 0.3) is 0 Å². The molecule has 0 atom stereocenters. The first kappa shape index (κ1) is 14.2. The molecule has 0 aromatic heterocycles. The lowest BCUT2D eigenvalue weighted by molar-refractivity contribution is -0.129. The van der Waals surface area contributed by atoms with Crippen molar-refractivity contribution < 1.29 is 14.3 Å². The van der Waals surface area contributed by atoms with E-state index in [2.05, 4.69) is 0 Å². The Bertz CT molecular complexity index is 452. The fraction of sp³-hybridized carbons (Fsp3) is 0.429. The summed E-state index contributed by atoms with van der Waals surface area (Å²) in [5, 5.41) is 0. The van der Waals surface area contributed by atoms with Crippen molar-refractivity contribution >= 4 is 11.7 Å². The van der Waals surface area contributed by atoms with E-state index in [0.717, 1.165) is 5.56 Å². The zero-order chi connectivity index (χ0) is 13.7. The molecule has 0 saturated heterocycles. The number of carbonyl (C=O) groups is 2. The van der Waals surface area contributed by atoms with Gasteiger partial charge in [0.2, 0.25) is 5.91 Å². The monoisotopic (exact) mass is 249 g/mol. The topological polar surface area (TPSA) is 46.6 Å². The summed E-state index contributed by atoms with van der Waals surface area (Å²) in [5.41, 5.74) is 1.57. The SMILES string of the molecule is CC(=O)c1cc(C)ccc1OCCC(=O)N(C)C. The number of aryl methyl sites for hydroxylation is 1. The number of ether oxygens (including phenoxy) is 1. The Morgan fingerprint density at radius 1 is 1.28 bits per heavy atom. The van der Waals surface area contributed by atoms with Crippen LogP contribution >= 0.6 is 0 Å². The van der Waals surface area contributed by atoms with E-state index in [0.29, 0.717) is 17.7 Å². The van der Waals surface area contributed by atoms with E-state index in [-0.39, 0.29) is 18.3 Å². The van der Waals surface area contributed by atoms with Gasteiger partial charge in [-0.2, -0.15) is 0 Å². The molecule has 0 saturated carbocycles. The molecule has 0 aliphatic rings. The van der Waals surface area contributed by atoms with Crippen LogP contribution in [0, 0.1) is 6.92 Å². The maximum absolute atomic E-state index is 11.5. The Morgan fingerprint density at radius 2 is 1.94 bits per heavy atom. The highest BCUT2D eigenvalue weighted by atomic mass is 16.5. The summed E-state index contributed by atoms with van der Waals surface area (Å²) in [6, 6.07) is 5.45. The van der Waals surface area contributed by atoms with Crippen molar-refractivity contribution in [2.45, 2.75) is 20.3 Å². The molecule has 1 rings (SSSR count). The molecule has 0 aliphatic carbocycles. The van der Waals surface area contributed by atoms with Gasteiger partial charge in [0.1, 0.15) is 5.75 Å². The highest BCUT2D eigenvalue weighted by Crippen LogP contribution is 2.20. The number of rotatable bonds is 5. The number of nitrogens with zero attached hydrogens (tertiary/aromatic N) is 1. The third-order valence-corrected chi connectivity index (χ3v) is 2.59. The van der Waals surface area contributed by atoms with Gasteiger partial charge in [-0.25, -0.2) is 0 Å². The molecule has 0 radical (unpaired) electrons. The number of hydrogen-bond donors (Lipinski definition) is 0. The molecule has 0 spiro atoms. The van der Waals surface area contributed by atoms with Crippen LogP contribution in [0.4, 0.5) is 0 Å². The predicted octanol–water partition coefficient (Wildman–Crippen LogP) is 2.05. The van der Waals surface area contributed by atoms with Crippen LogP contribution in [0.15, 0.2) is 18.2 Å². The van der Waals surface area contributed by atoms with Crippen molar-refractivity contribution in [3.63, 3.8) is 0 Å². The molecule has 4 nitrogen and oxygen atoms in total. The highest BCUT2D eigenvalue weighted by molar-refractivity contribution is 5.97. The minimum Gasteiger partial charge on any atom is -0.492 e. The Morgan fingerprint density at radius 3 is 2.50 bits per heavy atom. The van der Waals surface area contributed by atoms with Crippen LogP contribution in [0.5, 0.6) is 5.75 Å². The second-order valence-electron chi connectivity index (χ2n) is 4.44. The fourth-order valence-electron chi connectivity index (χ4n) is 1.52. The van der Waals surface area contributed by atoms with Crippen LogP contribution in [0.3, 0.4) is 0 Å². The van der Waals surface area contributed by atoms with Crippen molar-refractivity contribution in [2.24, 2.45) is 0 Å². The molecule has 1 aromatic rings. The Kier molecular flexibility index (Phi) is 4.89. The summed E-state index contributed by atoms with van der Waals surface area (Å²) in [5.74, 6) is 0.513. The Hall–Kier alpha value is -1.84. The standard InChI is InChI=1S/C14H19NO3/c1-10-5-6-13(12(9-10)11(2)16)18-8-7-14(17)15(3)4/h5-6,9H,7-8H2,1-4H3. The van der Waals surface area contributed by atoms with Gasteiger partial charge >= 0.3 is 0 Å². The van der Waals surface area contributed by atoms with Crippen molar-refractivity contribution in [1.82, 2.24) is 4.90 Å². The summed E-state index contributed by atoms with van der Waals surface area (Å²) in [7, 11) is 3.41. The van der Waals surface area contributed by atoms with Gasteiger partial charge in [-0.3, -0.25) is 9.59 Å². The third-order valence-electron chi connectivity index (χ3n) is 2.59. The van der Waals surface area contributed by atoms with Crippen LogP contribution in [-0.2, 0) is 4.79 Å². The molecule has 0 heterocycles. The summed E-state index contributed by atoms with van der Waals surface area (Å²) in [6.07, 6.45) is 0.304. The minimum absolute atomic E-state index is 0.00601. The lowest BCUT2D eigenvalue weighted by Gasteiger charge is -2.12. The Balaban J connectivity index is 2.68. The first-order valence-electron chi connectivity index (χ1n) is 5.86. The van der Waals surface area contributed by atoms with Crippen LogP contribution in [0.25, 0.3) is 0 Å². The molecular weight excluding hydrogens is 230 g/mol. The number of hydrogen-bond acceptors (Lipinski definition) is 3. The van der Waals surface area contributed by atoms with E-state index in [9.17, 15) is 9.59 Å². The van der Waals surface area contributed by atoms with E-state index >= 15 is 0 Å². The molecule has 0 fully saturated rings. The van der Waals surface area contributed by atoms with Crippen LogP contribution in [-0.4, -0.2) is 37.3 Å². The van der Waals surface area contributed by atoms with Crippen LogP contribution in [0.2, 0.25) is 0 Å².